The molecule has 0 bridgehead atoms. The standard InChI is InChI=1S/C12H16N4O2/c1-5-18-11(17)12(3,4)10-15-14-9-6-8(2)13-7-16(9)10/h6-7H,5H2,1-4H3. The van der Waals surface area contributed by atoms with Gasteiger partial charge in [0.1, 0.15) is 11.7 Å². The molecule has 18 heavy (non-hydrogen) atoms. The molecule has 96 valence electrons. The SMILES string of the molecule is CCOC(=O)C(C)(C)c1nnc2cc(C)ncn12. The van der Waals surface area contributed by atoms with Gasteiger partial charge in [-0.1, -0.05) is 0 Å². The second-order valence-electron chi connectivity index (χ2n) is 4.63. The van der Waals surface area contributed by atoms with E-state index in [1.54, 1.807) is 31.5 Å². The van der Waals surface area contributed by atoms with E-state index in [0.29, 0.717) is 18.1 Å². The van der Waals surface area contributed by atoms with Crippen LogP contribution in [0.3, 0.4) is 0 Å². The summed E-state index contributed by atoms with van der Waals surface area (Å²) in [5, 5.41) is 8.14. The van der Waals surface area contributed by atoms with Crippen LogP contribution in [0.1, 0.15) is 32.3 Å². The zero-order chi connectivity index (χ0) is 13.3. The van der Waals surface area contributed by atoms with E-state index in [0.717, 1.165) is 5.69 Å². The van der Waals surface area contributed by atoms with Gasteiger partial charge in [-0.2, -0.15) is 0 Å². The maximum Gasteiger partial charge on any atom is 0.319 e. The van der Waals surface area contributed by atoms with E-state index >= 15 is 0 Å². The summed E-state index contributed by atoms with van der Waals surface area (Å²) in [6.07, 6.45) is 1.63. The van der Waals surface area contributed by atoms with Crippen molar-refractivity contribution in [3.63, 3.8) is 0 Å². The van der Waals surface area contributed by atoms with Crippen LogP contribution in [0, 0.1) is 6.92 Å². The number of carbonyl (C=O) groups is 1. The van der Waals surface area contributed by atoms with Crippen molar-refractivity contribution in [2.24, 2.45) is 0 Å². The van der Waals surface area contributed by atoms with Gasteiger partial charge in [0.15, 0.2) is 11.5 Å². The van der Waals surface area contributed by atoms with Gasteiger partial charge in [-0.3, -0.25) is 9.20 Å². The van der Waals surface area contributed by atoms with Crippen LogP contribution >= 0.6 is 0 Å². The molecule has 0 aliphatic heterocycles. The lowest BCUT2D eigenvalue weighted by Crippen LogP contribution is -2.33. The Morgan fingerprint density at radius 2 is 2.17 bits per heavy atom. The molecule has 2 aromatic heterocycles. The Morgan fingerprint density at radius 1 is 1.44 bits per heavy atom. The summed E-state index contributed by atoms with van der Waals surface area (Å²) in [7, 11) is 0. The monoisotopic (exact) mass is 248 g/mol. The molecule has 0 spiro atoms. The first-order valence-electron chi connectivity index (χ1n) is 5.82. The molecule has 6 nitrogen and oxygen atoms in total. The minimum absolute atomic E-state index is 0.320. The molecule has 0 aliphatic rings. The van der Waals surface area contributed by atoms with Crippen molar-refractivity contribution >= 4 is 11.6 Å². The Hall–Kier alpha value is -1.98. The van der Waals surface area contributed by atoms with Crippen molar-refractivity contribution < 1.29 is 9.53 Å². The highest BCUT2D eigenvalue weighted by Gasteiger charge is 2.36. The van der Waals surface area contributed by atoms with E-state index in [9.17, 15) is 4.79 Å². The third kappa shape index (κ3) is 1.94. The lowest BCUT2D eigenvalue weighted by atomic mass is 9.92. The Bertz CT molecular complexity index is 589. The topological polar surface area (TPSA) is 69.4 Å². The molecule has 0 saturated carbocycles. The molecule has 0 saturated heterocycles. The predicted molar refractivity (Wildman–Crippen MR) is 65.2 cm³/mol. The van der Waals surface area contributed by atoms with Gasteiger partial charge in [0.05, 0.1) is 6.61 Å². The van der Waals surface area contributed by atoms with Crippen molar-refractivity contribution in [3.8, 4) is 0 Å². The zero-order valence-electron chi connectivity index (χ0n) is 11.0. The minimum atomic E-state index is -0.855. The number of aromatic nitrogens is 4. The summed E-state index contributed by atoms with van der Waals surface area (Å²) < 4.78 is 6.77. The number of carbonyl (C=O) groups excluding carboxylic acids is 1. The first-order valence-corrected chi connectivity index (χ1v) is 5.82. The van der Waals surface area contributed by atoms with Gasteiger partial charge >= 0.3 is 5.97 Å². The largest absolute Gasteiger partial charge is 0.465 e. The van der Waals surface area contributed by atoms with E-state index in [4.69, 9.17) is 4.74 Å². The first kappa shape index (κ1) is 12.5. The van der Waals surface area contributed by atoms with Gasteiger partial charge in [0.2, 0.25) is 0 Å². The average molecular weight is 248 g/mol. The lowest BCUT2D eigenvalue weighted by molar-refractivity contribution is -0.149. The molecule has 2 aromatic rings. The van der Waals surface area contributed by atoms with Gasteiger partial charge in [-0.05, 0) is 27.7 Å². The highest BCUT2D eigenvalue weighted by atomic mass is 16.5. The quantitative estimate of drug-likeness (QED) is 0.765. The Labute approximate surface area is 105 Å². The molecule has 0 amide bonds. The molecule has 0 atom stereocenters. The van der Waals surface area contributed by atoms with Crippen LogP contribution in [-0.4, -0.2) is 32.2 Å². The predicted octanol–water partition coefficient (Wildman–Crippen LogP) is 1.27. The summed E-state index contributed by atoms with van der Waals surface area (Å²) in [6.45, 7) is 7.53. The number of ether oxygens (including phenoxy) is 1. The fraction of sp³-hybridized carbons (Fsp3) is 0.500. The summed E-state index contributed by atoms with van der Waals surface area (Å²) in [5.41, 5.74) is 0.678. The lowest BCUT2D eigenvalue weighted by Gasteiger charge is -2.19. The van der Waals surface area contributed by atoms with Crippen LogP contribution in [-0.2, 0) is 14.9 Å². The number of hydrogen-bond acceptors (Lipinski definition) is 5. The third-order valence-electron chi connectivity index (χ3n) is 2.78. The van der Waals surface area contributed by atoms with Gasteiger partial charge in [-0.25, -0.2) is 4.98 Å². The summed E-state index contributed by atoms with van der Waals surface area (Å²) >= 11 is 0. The van der Waals surface area contributed by atoms with Crippen LogP contribution in [0.25, 0.3) is 5.65 Å². The molecular formula is C12H16N4O2. The van der Waals surface area contributed by atoms with Crippen molar-refractivity contribution in [2.75, 3.05) is 6.61 Å². The van der Waals surface area contributed by atoms with Crippen molar-refractivity contribution in [2.45, 2.75) is 33.1 Å². The van der Waals surface area contributed by atoms with E-state index in [1.165, 1.54) is 0 Å². The van der Waals surface area contributed by atoms with Gasteiger partial charge in [0, 0.05) is 11.8 Å². The Balaban J connectivity index is 2.50. The molecule has 6 heteroatoms. The molecule has 0 N–H and O–H groups in total. The van der Waals surface area contributed by atoms with E-state index in [-0.39, 0.29) is 5.97 Å². The van der Waals surface area contributed by atoms with E-state index in [2.05, 4.69) is 15.2 Å². The third-order valence-corrected chi connectivity index (χ3v) is 2.78. The van der Waals surface area contributed by atoms with Crippen LogP contribution in [0.5, 0.6) is 0 Å². The normalized spacial score (nSPS) is 11.8. The Kier molecular flexibility index (Phi) is 3.02. The first-order chi connectivity index (χ1) is 8.46. The second kappa shape index (κ2) is 4.36. The van der Waals surface area contributed by atoms with Crippen molar-refractivity contribution in [1.82, 2.24) is 19.6 Å². The maximum atomic E-state index is 12.0. The number of aryl methyl sites for hydroxylation is 1. The zero-order valence-corrected chi connectivity index (χ0v) is 11.0. The molecule has 0 radical (unpaired) electrons. The molecule has 0 fully saturated rings. The summed E-state index contributed by atoms with van der Waals surface area (Å²) in [4.78, 5) is 16.1. The number of hydrogen-bond donors (Lipinski definition) is 0. The summed E-state index contributed by atoms with van der Waals surface area (Å²) in [5.74, 6) is 0.211. The summed E-state index contributed by atoms with van der Waals surface area (Å²) in [6, 6.07) is 1.82. The molecule has 2 heterocycles. The average Bonchev–Trinajstić information content (AvgIpc) is 2.72. The maximum absolute atomic E-state index is 12.0. The highest BCUT2D eigenvalue weighted by molar-refractivity contribution is 5.81. The molecular weight excluding hydrogens is 232 g/mol. The van der Waals surface area contributed by atoms with E-state index < -0.39 is 5.41 Å². The smallest absolute Gasteiger partial charge is 0.319 e. The number of esters is 1. The van der Waals surface area contributed by atoms with Crippen molar-refractivity contribution in [1.29, 1.82) is 0 Å². The van der Waals surface area contributed by atoms with Crippen molar-refractivity contribution in [3.05, 3.63) is 23.9 Å². The fourth-order valence-electron chi connectivity index (χ4n) is 1.72. The van der Waals surface area contributed by atoms with Gasteiger partial charge < -0.3 is 4.74 Å². The Morgan fingerprint density at radius 3 is 2.83 bits per heavy atom. The van der Waals surface area contributed by atoms with Crippen LogP contribution in [0.15, 0.2) is 12.4 Å². The highest BCUT2D eigenvalue weighted by Crippen LogP contribution is 2.23. The molecule has 2 rings (SSSR count). The van der Waals surface area contributed by atoms with Gasteiger partial charge in [0.25, 0.3) is 0 Å². The molecule has 0 aromatic carbocycles. The fourth-order valence-corrected chi connectivity index (χ4v) is 1.72. The van der Waals surface area contributed by atoms with Gasteiger partial charge in [-0.15, -0.1) is 10.2 Å². The van der Waals surface area contributed by atoms with Crippen LogP contribution in [0.2, 0.25) is 0 Å². The number of rotatable bonds is 3. The van der Waals surface area contributed by atoms with Crippen LogP contribution in [0.4, 0.5) is 0 Å². The van der Waals surface area contributed by atoms with E-state index in [1.807, 2.05) is 13.0 Å². The number of fused-ring (bicyclic) bond motifs is 1. The second-order valence-corrected chi connectivity index (χ2v) is 4.63. The minimum Gasteiger partial charge on any atom is -0.465 e. The number of nitrogens with zero attached hydrogens (tertiary/aromatic N) is 4. The van der Waals surface area contributed by atoms with Crippen LogP contribution < -0.4 is 0 Å². The molecule has 0 unspecified atom stereocenters. The molecule has 0 aliphatic carbocycles.